The highest BCUT2D eigenvalue weighted by molar-refractivity contribution is 7.92. The van der Waals surface area contributed by atoms with Crippen LogP contribution in [0.1, 0.15) is 12.5 Å². The quantitative estimate of drug-likeness (QED) is 0.860. The van der Waals surface area contributed by atoms with Crippen LogP contribution < -0.4 is 5.32 Å². The van der Waals surface area contributed by atoms with Gasteiger partial charge in [0.15, 0.2) is 5.37 Å². The van der Waals surface area contributed by atoms with Gasteiger partial charge in [-0.05, 0) is 19.1 Å². The van der Waals surface area contributed by atoms with Crippen molar-refractivity contribution in [2.75, 3.05) is 19.6 Å². The summed E-state index contributed by atoms with van der Waals surface area (Å²) in [7, 11) is -3.53. The lowest BCUT2D eigenvalue weighted by Gasteiger charge is -2.34. The Morgan fingerprint density at radius 1 is 1.32 bits per heavy atom. The molecule has 1 saturated heterocycles. The Morgan fingerprint density at radius 3 is 2.53 bits per heavy atom. The first-order valence-corrected chi connectivity index (χ1v) is 7.76. The minimum atomic E-state index is -3.53. The summed E-state index contributed by atoms with van der Waals surface area (Å²) in [5, 5.41) is 2.22. The number of aryl methyl sites for hydroxylation is 1. The van der Waals surface area contributed by atoms with Crippen molar-refractivity contribution in [2.24, 2.45) is 0 Å². The average molecular weight is 282 g/mol. The minimum Gasteiger partial charge on any atom is -0.323 e. The number of benzene rings is 1. The fourth-order valence-electron chi connectivity index (χ4n) is 2.20. The Hall–Kier alpha value is -1.40. The molecule has 1 aliphatic rings. The summed E-state index contributed by atoms with van der Waals surface area (Å²) in [6.07, 6.45) is 0. The molecule has 1 fully saturated rings. The van der Waals surface area contributed by atoms with Gasteiger partial charge >= 0.3 is 0 Å². The Bertz CT molecular complexity index is 566. The van der Waals surface area contributed by atoms with Gasteiger partial charge in [-0.2, -0.15) is 0 Å². The molecule has 0 bridgehead atoms. The van der Waals surface area contributed by atoms with Crippen LogP contribution in [0.4, 0.5) is 0 Å². The maximum absolute atomic E-state index is 12.6. The molecule has 0 spiro atoms. The van der Waals surface area contributed by atoms with E-state index in [0.717, 1.165) is 5.56 Å². The Morgan fingerprint density at radius 2 is 1.95 bits per heavy atom. The Balaban J connectivity index is 2.37. The lowest BCUT2D eigenvalue weighted by atomic mass is 10.2. The van der Waals surface area contributed by atoms with E-state index in [1.165, 1.54) is 11.8 Å². The molecule has 0 aliphatic carbocycles. The molecule has 1 amide bonds. The van der Waals surface area contributed by atoms with Crippen molar-refractivity contribution in [1.29, 1.82) is 0 Å². The first kappa shape index (κ1) is 14.0. The molecule has 6 heteroatoms. The lowest BCUT2D eigenvalue weighted by Crippen LogP contribution is -2.56. The number of carbonyl (C=O) groups excluding carboxylic acids is 1. The number of nitrogens with zero attached hydrogens (tertiary/aromatic N) is 1. The predicted octanol–water partition coefficient (Wildman–Crippen LogP) is 0.547. The zero-order valence-electron chi connectivity index (χ0n) is 11.1. The van der Waals surface area contributed by atoms with Crippen LogP contribution in [0.25, 0.3) is 0 Å². The van der Waals surface area contributed by atoms with Gasteiger partial charge in [0.05, 0.1) is 4.90 Å². The molecule has 1 aromatic carbocycles. The predicted molar refractivity (Wildman–Crippen MR) is 72.4 cm³/mol. The molecule has 2 rings (SSSR count). The van der Waals surface area contributed by atoms with Gasteiger partial charge in [-0.3, -0.25) is 4.79 Å². The van der Waals surface area contributed by atoms with Gasteiger partial charge in [-0.15, -0.1) is 0 Å². The van der Waals surface area contributed by atoms with Crippen LogP contribution in [0.15, 0.2) is 29.2 Å². The SMILES string of the molecule is CC(=O)N1CCNCC1S(=O)(=O)c1ccc(C)cc1. The second-order valence-corrected chi connectivity index (χ2v) is 6.83. The standard InChI is InChI=1S/C13H18N2O3S/c1-10-3-5-12(6-4-10)19(17,18)13-9-14-7-8-15(13)11(2)16/h3-6,13-14H,7-9H2,1-2H3. The van der Waals surface area contributed by atoms with Gasteiger partial charge in [0.1, 0.15) is 0 Å². The third kappa shape index (κ3) is 2.79. The van der Waals surface area contributed by atoms with Crippen molar-refractivity contribution in [3.63, 3.8) is 0 Å². The van der Waals surface area contributed by atoms with Crippen LogP contribution in [0.5, 0.6) is 0 Å². The number of piperazine rings is 1. The summed E-state index contributed by atoms with van der Waals surface area (Å²) >= 11 is 0. The summed E-state index contributed by atoms with van der Waals surface area (Å²) < 4.78 is 25.2. The topological polar surface area (TPSA) is 66.5 Å². The first-order chi connectivity index (χ1) is 8.93. The van der Waals surface area contributed by atoms with Crippen molar-refractivity contribution >= 4 is 15.7 Å². The van der Waals surface area contributed by atoms with Crippen molar-refractivity contribution in [3.8, 4) is 0 Å². The van der Waals surface area contributed by atoms with Crippen LogP contribution in [-0.2, 0) is 14.6 Å². The highest BCUT2D eigenvalue weighted by Crippen LogP contribution is 2.20. The zero-order chi connectivity index (χ0) is 14.0. The highest BCUT2D eigenvalue weighted by atomic mass is 32.2. The maximum atomic E-state index is 12.6. The number of amides is 1. The number of hydrogen-bond acceptors (Lipinski definition) is 4. The fraction of sp³-hybridized carbons (Fsp3) is 0.462. The van der Waals surface area contributed by atoms with Crippen LogP contribution in [-0.4, -0.2) is 44.2 Å². The van der Waals surface area contributed by atoms with Crippen molar-refractivity contribution in [1.82, 2.24) is 10.2 Å². The lowest BCUT2D eigenvalue weighted by molar-refractivity contribution is -0.130. The van der Waals surface area contributed by atoms with E-state index >= 15 is 0 Å². The summed E-state index contributed by atoms with van der Waals surface area (Å²) in [5.41, 5.74) is 1.00. The minimum absolute atomic E-state index is 0.206. The van der Waals surface area contributed by atoms with Gasteiger partial charge in [0.2, 0.25) is 15.7 Å². The van der Waals surface area contributed by atoms with E-state index in [9.17, 15) is 13.2 Å². The molecule has 1 N–H and O–H groups in total. The number of carbonyl (C=O) groups is 1. The molecule has 1 heterocycles. The summed E-state index contributed by atoms with van der Waals surface area (Å²) in [6, 6.07) is 6.72. The fourth-order valence-corrected chi connectivity index (χ4v) is 3.96. The molecular weight excluding hydrogens is 264 g/mol. The molecular formula is C13H18N2O3S. The Kier molecular flexibility index (Phi) is 3.91. The summed E-state index contributed by atoms with van der Waals surface area (Å²) in [6.45, 7) is 4.63. The second kappa shape index (κ2) is 5.30. The number of nitrogens with one attached hydrogen (secondary N) is 1. The van der Waals surface area contributed by atoms with E-state index in [4.69, 9.17) is 0 Å². The third-order valence-electron chi connectivity index (χ3n) is 3.31. The highest BCUT2D eigenvalue weighted by Gasteiger charge is 2.36. The van der Waals surface area contributed by atoms with Gasteiger partial charge in [-0.1, -0.05) is 17.7 Å². The van der Waals surface area contributed by atoms with Gasteiger partial charge in [0.25, 0.3) is 0 Å². The van der Waals surface area contributed by atoms with E-state index < -0.39 is 15.2 Å². The number of hydrogen-bond donors (Lipinski definition) is 1. The molecule has 1 atom stereocenters. The third-order valence-corrected chi connectivity index (χ3v) is 5.37. The molecule has 104 valence electrons. The van der Waals surface area contributed by atoms with Gasteiger partial charge < -0.3 is 10.2 Å². The van der Waals surface area contributed by atoms with Crippen molar-refractivity contribution < 1.29 is 13.2 Å². The monoisotopic (exact) mass is 282 g/mol. The summed E-state index contributed by atoms with van der Waals surface area (Å²) in [5.74, 6) is -0.206. The molecule has 1 aromatic rings. The largest absolute Gasteiger partial charge is 0.323 e. The van der Waals surface area contributed by atoms with Crippen LogP contribution >= 0.6 is 0 Å². The molecule has 0 radical (unpaired) electrons. The normalized spacial score (nSPS) is 20.3. The van der Waals surface area contributed by atoms with Gasteiger partial charge in [-0.25, -0.2) is 8.42 Å². The van der Waals surface area contributed by atoms with Crippen LogP contribution in [0, 0.1) is 6.92 Å². The van der Waals surface area contributed by atoms with E-state index in [0.29, 0.717) is 13.1 Å². The van der Waals surface area contributed by atoms with E-state index in [1.54, 1.807) is 24.3 Å². The molecule has 1 unspecified atom stereocenters. The smallest absolute Gasteiger partial charge is 0.220 e. The van der Waals surface area contributed by atoms with Crippen molar-refractivity contribution in [3.05, 3.63) is 29.8 Å². The first-order valence-electron chi connectivity index (χ1n) is 6.21. The van der Waals surface area contributed by atoms with E-state index in [1.807, 2.05) is 6.92 Å². The number of sulfone groups is 1. The molecule has 19 heavy (non-hydrogen) atoms. The molecule has 5 nitrogen and oxygen atoms in total. The molecule has 0 aromatic heterocycles. The maximum Gasteiger partial charge on any atom is 0.220 e. The van der Waals surface area contributed by atoms with Gasteiger partial charge in [0, 0.05) is 26.6 Å². The zero-order valence-corrected chi connectivity index (χ0v) is 11.9. The Labute approximate surface area is 113 Å². The number of rotatable bonds is 2. The summed E-state index contributed by atoms with van der Waals surface area (Å²) in [4.78, 5) is 13.3. The van der Waals surface area contributed by atoms with E-state index in [-0.39, 0.29) is 17.3 Å². The van der Waals surface area contributed by atoms with Crippen molar-refractivity contribution in [2.45, 2.75) is 24.1 Å². The van der Waals surface area contributed by atoms with Crippen LogP contribution in [0.3, 0.4) is 0 Å². The molecule has 1 aliphatic heterocycles. The molecule has 0 saturated carbocycles. The van der Waals surface area contributed by atoms with Crippen LogP contribution in [0.2, 0.25) is 0 Å². The van der Waals surface area contributed by atoms with E-state index in [2.05, 4.69) is 5.32 Å². The average Bonchev–Trinajstić information content (AvgIpc) is 2.39. The second-order valence-electron chi connectivity index (χ2n) is 4.73.